The van der Waals surface area contributed by atoms with Gasteiger partial charge in [0, 0.05) is 10.5 Å². The molecule has 3 heteroatoms. The van der Waals surface area contributed by atoms with E-state index in [2.05, 4.69) is 18.8 Å². The molecule has 0 amide bonds. The maximum Gasteiger partial charge on any atom is 0.217 e. The van der Waals surface area contributed by atoms with E-state index in [-0.39, 0.29) is 17.4 Å². The molecular weight excluding hydrogens is 214 g/mol. The van der Waals surface area contributed by atoms with Crippen LogP contribution >= 0.6 is 0 Å². The van der Waals surface area contributed by atoms with Crippen molar-refractivity contribution in [2.75, 3.05) is 6.54 Å². The van der Waals surface area contributed by atoms with Crippen molar-refractivity contribution in [1.29, 1.82) is 0 Å². The summed E-state index contributed by atoms with van der Waals surface area (Å²) in [7, 11) is 0. The monoisotopic (exact) mass is 231 g/mol. The Morgan fingerprint density at radius 3 is 2.65 bits per heavy atom. The minimum atomic E-state index is -0.278. The van der Waals surface area contributed by atoms with Gasteiger partial charge in [0.25, 0.3) is 0 Å². The molecule has 17 heavy (non-hydrogen) atoms. The molecule has 0 aliphatic heterocycles. The van der Waals surface area contributed by atoms with Crippen molar-refractivity contribution >= 4 is 0 Å². The lowest BCUT2D eigenvalue weighted by atomic mass is 10.0. The van der Waals surface area contributed by atoms with Gasteiger partial charge in [-0.15, -0.1) is 0 Å². The summed E-state index contributed by atoms with van der Waals surface area (Å²) >= 11 is 0. The van der Waals surface area contributed by atoms with Gasteiger partial charge in [-0.2, -0.15) is 0 Å². The number of unbranched alkanes of at least 4 members (excludes halogenated alkanes) is 1. The summed E-state index contributed by atoms with van der Waals surface area (Å²) in [5, 5.41) is 10.5. The second kappa shape index (κ2) is 7.45. The third kappa shape index (κ3) is 5.72. The fourth-order valence-corrected chi connectivity index (χ4v) is 1.55. The van der Waals surface area contributed by atoms with Crippen LogP contribution in [0.25, 0.3) is 0 Å². The molecule has 0 fully saturated rings. The van der Waals surface area contributed by atoms with Crippen molar-refractivity contribution in [2.24, 2.45) is 5.92 Å². The van der Waals surface area contributed by atoms with Crippen LogP contribution in [-0.2, 0) is 0 Å². The van der Waals surface area contributed by atoms with Crippen LogP contribution in [0.15, 0.2) is 30.3 Å². The molecule has 90 valence electrons. The average Bonchev–Trinajstić information content (AvgIpc) is 2.33. The summed E-state index contributed by atoms with van der Waals surface area (Å²) < 4.78 is 0. The van der Waals surface area contributed by atoms with E-state index in [1.807, 2.05) is 30.3 Å². The van der Waals surface area contributed by atoms with Crippen LogP contribution < -0.4 is 0 Å². The quantitative estimate of drug-likeness (QED) is 0.444. The van der Waals surface area contributed by atoms with Crippen LogP contribution in [0.5, 0.6) is 0 Å². The van der Waals surface area contributed by atoms with Crippen LogP contribution in [-0.4, -0.2) is 11.5 Å². The SMILES string of the molecule is CCCC[C@@H](C#Cc1ccccc1)C[N+](=O)[O-]. The third-order valence-electron chi connectivity index (χ3n) is 2.47. The van der Waals surface area contributed by atoms with Gasteiger partial charge >= 0.3 is 0 Å². The highest BCUT2D eigenvalue weighted by Crippen LogP contribution is 2.08. The van der Waals surface area contributed by atoms with Crippen molar-refractivity contribution in [3.63, 3.8) is 0 Å². The lowest BCUT2D eigenvalue weighted by molar-refractivity contribution is -0.485. The highest BCUT2D eigenvalue weighted by atomic mass is 16.6. The molecule has 0 radical (unpaired) electrons. The molecule has 1 aromatic rings. The van der Waals surface area contributed by atoms with Crippen molar-refractivity contribution in [1.82, 2.24) is 0 Å². The summed E-state index contributed by atoms with van der Waals surface area (Å²) in [5.41, 5.74) is 0.914. The van der Waals surface area contributed by atoms with Crippen LogP contribution in [0.1, 0.15) is 31.7 Å². The Hall–Kier alpha value is -1.82. The summed E-state index contributed by atoms with van der Waals surface area (Å²) in [6.45, 7) is 2.02. The van der Waals surface area contributed by atoms with Gasteiger partial charge < -0.3 is 0 Å². The molecule has 0 aliphatic rings. The number of nitro groups is 1. The minimum absolute atomic E-state index is 0.0557. The maximum atomic E-state index is 10.5. The Balaban J connectivity index is 2.65. The predicted octanol–water partition coefficient (Wildman–Crippen LogP) is 3.12. The van der Waals surface area contributed by atoms with E-state index in [0.29, 0.717) is 0 Å². The summed E-state index contributed by atoms with van der Waals surface area (Å²) in [4.78, 5) is 10.2. The first-order chi connectivity index (χ1) is 8.22. The van der Waals surface area contributed by atoms with Crippen LogP contribution in [0, 0.1) is 27.9 Å². The van der Waals surface area contributed by atoms with Crippen molar-refractivity contribution in [3.8, 4) is 11.8 Å². The molecule has 0 unspecified atom stereocenters. The third-order valence-corrected chi connectivity index (χ3v) is 2.47. The van der Waals surface area contributed by atoms with E-state index in [1.165, 1.54) is 0 Å². The van der Waals surface area contributed by atoms with E-state index >= 15 is 0 Å². The molecule has 0 aliphatic carbocycles. The van der Waals surface area contributed by atoms with E-state index in [1.54, 1.807) is 0 Å². The second-order valence-corrected chi connectivity index (χ2v) is 3.99. The molecule has 1 atom stereocenters. The molecule has 0 saturated carbocycles. The lowest BCUT2D eigenvalue weighted by Crippen LogP contribution is -2.12. The van der Waals surface area contributed by atoms with E-state index < -0.39 is 0 Å². The molecule has 0 aromatic heterocycles. The van der Waals surface area contributed by atoms with Gasteiger partial charge in [-0.25, -0.2) is 0 Å². The van der Waals surface area contributed by atoms with Gasteiger partial charge in [-0.05, 0) is 18.6 Å². The fraction of sp³-hybridized carbons (Fsp3) is 0.429. The first-order valence-corrected chi connectivity index (χ1v) is 5.90. The zero-order chi connectivity index (χ0) is 12.5. The number of nitrogens with zero attached hydrogens (tertiary/aromatic N) is 1. The first kappa shape index (κ1) is 13.2. The molecule has 3 nitrogen and oxygen atoms in total. The Morgan fingerprint density at radius 1 is 1.35 bits per heavy atom. The molecule has 1 rings (SSSR count). The van der Waals surface area contributed by atoms with Gasteiger partial charge in [0.05, 0.1) is 5.92 Å². The number of rotatable bonds is 5. The van der Waals surface area contributed by atoms with Gasteiger partial charge in [-0.1, -0.05) is 49.8 Å². The second-order valence-electron chi connectivity index (χ2n) is 3.99. The predicted molar refractivity (Wildman–Crippen MR) is 68.2 cm³/mol. The van der Waals surface area contributed by atoms with Gasteiger partial charge in [0.2, 0.25) is 6.54 Å². The topological polar surface area (TPSA) is 43.1 Å². The normalized spacial score (nSPS) is 11.4. The van der Waals surface area contributed by atoms with Crippen molar-refractivity contribution in [2.45, 2.75) is 26.2 Å². The van der Waals surface area contributed by atoms with Crippen LogP contribution in [0.4, 0.5) is 0 Å². The average molecular weight is 231 g/mol. The Labute approximate surface area is 102 Å². The molecule has 0 saturated heterocycles. The van der Waals surface area contributed by atoms with Crippen molar-refractivity contribution < 1.29 is 4.92 Å². The molecule has 1 aromatic carbocycles. The largest absolute Gasteiger partial charge is 0.264 e. The van der Waals surface area contributed by atoms with Crippen LogP contribution in [0.3, 0.4) is 0 Å². The summed E-state index contributed by atoms with van der Waals surface area (Å²) in [6, 6.07) is 9.58. The van der Waals surface area contributed by atoms with E-state index in [9.17, 15) is 10.1 Å². The molecule has 0 heterocycles. The van der Waals surface area contributed by atoms with Gasteiger partial charge in [-0.3, -0.25) is 10.1 Å². The van der Waals surface area contributed by atoms with E-state index in [4.69, 9.17) is 0 Å². The van der Waals surface area contributed by atoms with Crippen LogP contribution in [0.2, 0.25) is 0 Å². The zero-order valence-corrected chi connectivity index (χ0v) is 10.1. The Kier molecular flexibility index (Phi) is 5.81. The lowest BCUT2D eigenvalue weighted by Gasteiger charge is -2.03. The fourth-order valence-electron chi connectivity index (χ4n) is 1.55. The summed E-state index contributed by atoms with van der Waals surface area (Å²) in [5.74, 6) is 5.88. The standard InChI is InChI=1S/C14H17NO2/c1-2-3-7-14(12-15(16)17)11-10-13-8-5-4-6-9-13/h4-6,8-9,14H,2-3,7,12H2,1H3/t14-/m0/s1. The van der Waals surface area contributed by atoms with Gasteiger partial charge in [0.1, 0.15) is 0 Å². The number of hydrogen-bond donors (Lipinski definition) is 0. The first-order valence-electron chi connectivity index (χ1n) is 5.90. The molecule has 0 N–H and O–H groups in total. The number of benzene rings is 1. The summed E-state index contributed by atoms with van der Waals surface area (Å²) in [6.07, 6.45) is 2.83. The van der Waals surface area contributed by atoms with Crippen molar-refractivity contribution in [3.05, 3.63) is 46.0 Å². The zero-order valence-electron chi connectivity index (χ0n) is 10.1. The highest BCUT2D eigenvalue weighted by molar-refractivity contribution is 5.34. The highest BCUT2D eigenvalue weighted by Gasteiger charge is 2.11. The number of hydrogen-bond acceptors (Lipinski definition) is 2. The molecular formula is C14H17NO2. The van der Waals surface area contributed by atoms with E-state index in [0.717, 1.165) is 24.8 Å². The minimum Gasteiger partial charge on any atom is -0.264 e. The maximum absolute atomic E-state index is 10.5. The Morgan fingerprint density at radius 2 is 2.06 bits per heavy atom. The molecule has 0 spiro atoms. The molecule has 0 bridgehead atoms. The van der Waals surface area contributed by atoms with Gasteiger partial charge in [0.15, 0.2) is 0 Å². The smallest absolute Gasteiger partial charge is 0.217 e. The Bertz CT molecular complexity index is 403.